The highest BCUT2D eigenvalue weighted by atomic mass is 16.4. The lowest BCUT2D eigenvalue weighted by Crippen LogP contribution is -2.33. The van der Waals surface area contributed by atoms with Gasteiger partial charge >= 0.3 is 7.12 Å². The van der Waals surface area contributed by atoms with Crippen LogP contribution in [-0.2, 0) is 0 Å². The first-order valence-corrected chi connectivity index (χ1v) is 5.06. The fourth-order valence-corrected chi connectivity index (χ4v) is 1.84. The molecule has 0 amide bonds. The SMILES string of the molecule is Cc1cc(C2CC2)cc(B(O)O)c1C. The van der Waals surface area contributed by atoms with Crippen molar-refractivity contribution in [1.82, 2.24) is 0 Å². The average Bonchev–Trinajstić information content (AvgIpc) is 2.91. The first-order chi connectivity index (χ1) is 6.59. The zero-order chi connectivity index (χ0) is 10.3. The smallest absolute Gasteiger partial charge is 0.423 e. The van der Waals surface area contributed by atoms with Gasteiger partial charge in [0.25, 0.3) is 0 Å². The summed E-state index contributed by atoms with van der Waals surface area (Å²) < 4.78 is 0. The number of aryl methyl sites for hydroxylation is 1. The molecule has 0 bridgehead atoms. The van der Waals surface area contributed by atoms with E-state index in [4.69, 9.17) is 0 Å². The molecule has 0 heterocycles. The molecule has 3 heteroatoms. The van der Waals surface area contributed by atoms with E-state index in [1.54, 1.807) is 0 Å². The van der Waals surface area contributed by atoms with E-state index in [0.717, 1.165) is 11.1 Å². The summed E-state index contributed by atoms with van der Waals surface area (Å²) >= 11 is 0. The average molecular weight is 190 g/mol. The Balaban J connectivity index is 2.46. The highest BCUT2D eigenvalue weighted by molar-refractivity contribution is 6.59. The number of hydrogen-bond donors (Lipinski definition) is 2. The zero-order valence-electron chi connectivity index (χ0n) is 8.62. The van der Waals surface area contributed by atoms with E-state index >= 15 is 0 Å². The molecule has 1 aromatic rings. The molecule has 2 rings (SSSR count). The van der Waals surface area contributed by atoms with E-state index < -0.39 is 7.12 Å². The highest BCUT2D eigenvalue weighted by Gasteiger charge is 2.26. The quantitative estimate of drug-likeness (QED) is 0.679. The second kappa shape index (κ2) is 3.41. The van der Waals surface area contributed by atoms with Gasteiger partial charge in [-0.1, -0.05) is 12.1 Å². The van der Waals surface area contributed by atoms with Gasteiger partial charge < -0.3 is 10.0 Å². The van der Waals surface area contributed by atoms with E-state index in [2.05, 4.69) is 6.07 Å². The molecule has 1 aliphatic rings. The van der Waals surface area contributed by atoms with Gasteiger partial charge in [0.05, 0.1) is 0 Å². The van der Waals surface area contributed by atoms with Crippen molar-refractivity contribution in [3.05, 3.63) is 28.8 Å². The lowest BCUT2D eigenvalue weighted by atomic mass is 9.75. The second-order valence-corrected chi connectivity index (χ2v) is 4.20. The van der Waals surface area contributed by atoms with Crippen LogP contribution in [0.3, 0.4) is 0 Å². The Morgan fingerprint density at radius 3 is 2.36 bits per heavy atom. The number of hydrogen-bond acceptors (Lipinski definition) is 2. The third-order valence-corrected chi connectivity index (χ3v) is 3.06. The largest absolute Gasteiger partial charge is 0.488 e. The summed E-state index contributed by atoms with van der Waals surface area (Å²) in [5.74, 6) is 0.659. The van der Waals surface area contributed by atoms with Crippen LogP contribution in [0.5, 0.6) is 0 Å². The Hall–Kier alpha value is -0.795. The van der Waals surface area contributed by atoms with Crippen molar-refractivity contribution in [2.75, 3.05) is 0 Å². The Bertz CT molecular complexity index is 357. The van der Waals surface area contributed by atoms with Crippen molar-refractivity contribution in [3.8, 4) is 0 Å². The van der Waals surface area contributed by atoms with Crippen molar-refractivity contribution in [2.45, 2.75) is 32.6 Å². The van der Waals surface area contributed by atoms with Gasteiger partial charge in [0.15, 0.2) is 0 Å². The first kappa shape index (κ1) is 9.75. The van der Waals surface area contributed by atoms with Crippen LogP contribution in [-0.4, -0.2) is 17.2 Å². The van der Waals surface area contributed by atoms with Crippen LogP contribution in [0.2, 0.25) is 0 Å². The summed E-state index contributed by atoms with van der Waals surface area (Å²) in [7, 11) is -1.34. The van der Waals surface area contributed by atoms with Gasteiger partial charge in [-0.25, -0.2) is 0 Å². The minimum Gasteiger partial charge on any atom is -0.423 e. The van der Waals surface area contributed by atoms with Crippen LogP contribution < -0.4 is 5.46 Å². The lowest BCUT2D eigenvalue weighted by Gasteiger charge is -2.10. The van der Waals surface area contributed by atoms with Gasteiger partial charge in [-0.15, -0.1) is 0 Å². The second-order valence-electron chi connectivity index (χ2n) is 4.20. The molecule has 0 spiro atoms. The predicted molar refractivity (Wildman–Crippen MR) is 57.7 cm³/mol. The fourth-order valence-electron chi connectivity index (χ4n) is 1.84. The minimum atomic E-state index is -1.34. The zero-order valence-corrected chi connectivity index (χ0v) is 8.62. The van der Waals surface area contributed by atoms with Crippen molar-refractivity contribution in [2.24, 2.45) is 0 Å². The van der Waals surface area contributed by atoms with Crippen LogP contribution in [0.1, 0.15) is 35.4 Å². The van der Waals surface area contributed by atoms with E-state index in [1.165, 1.54) is 18.4 Å². The maximum absolute atomic E-state index is 9.21. The molecule has 0 unspecified atom stereocenters. The van der Waals surface area contributed by atoms with E-state index in [-0.39, 0.29) is 0 Å². The van der Waals surface area contributed by atoms with E-state index in [9.17, 15) is 10.0 Å². The summed E-state index contributed by atoms with van der Waals surface area (Å²) in [5.41, 5.74) is 4.06. The molecular weight excluding hydrogens is 175 g/mol. The molecular formula is C11H15BO2. The predicted octanol–water partition coefficient (Wildman–Crippen LogP) is 0.861. The third kappa shape index (κ3) is 1.70. The molecule has 1 aliphatic carbocycles. The summed E-state index contributed by atoms with van der Waals surface area (Å²) in [5, 5.41) is 18.4. The molecule has 2 nitrogen and oxygen atoms in total. The van der Waals surface area contributed by atoms with Gasteiger partial charge in [-0.2, -0.15) is 0 Å². The van der Waals surface area contributed by atoms with Gasteiger partial charge in [-0.05, 0) is 54.8 Å². The monoisotopic (exact) mass is 190 g/mol. The molecule has 0 radical (unpaired) electrons. The van der Waals surface area contributed by atoms with Crippen molar-refractivity contribution in [1.29, 1.82) is 0 Å². The standard InChI is InChI=1S/C11H15BO2/c1-7-5-10(9-3-4-9)6-11(8(7)2)12(13)14/h5-6,9,13-14H,3-4H2,1-2H3. The van der Waals surface area contributed by atoms with E-state index in [1.807, 2.05) is 19.9 Å². The first-order valence-electron chi connectivity index (χ1n) is 5.06. The van der Waals surface area contributed by atoms with Crippen LogP contribution >= 0.6 is 0 Å². The number of rotatable bonds is 2. The molecule has 1 aromatic carbocycles. The summed E-state index contributed by atoms with van der Waals surface area (Å²) in [6, 6.07) is 4.10. The molecule has 0 aromatic heterocycles. The maximum Gasteiger partial charge on any atom is 0.488 e. The van der Waals surface area contributed by atoms with Gasteiger partial charge in [0.2, 0.25) is 0 Å². The van der Waals surface area contributed by atoms with Crippen LogP contribution in [0.4, 0.5) is 0 Å². The van der Waals surface area contributed by atoms with Gasteiger partial charge in [0, 0.05) is 0 Å². The molecule has 14 heavy (non-hydrogen) atoms. The van der Waals surface area contributed by atoms with Crippen LogP contribution in [0.15, 0.2) is 12.1 Å². The molecule has 1 saturated carbocycles. The summed E-state index contributed by atoms with van der Waals surface area (Å²) in [6.45, 7) is 3.95. The Morgan fingerprint density at radius 2 is 1.86 bits per heavy atom. The Morgan fingerprint density at radius 1 is 1.21 bits per heavy atom. The molecule has 2 N–H and O–H groups in total. The van der Waals surface area contributed by atoms with Crippen LogP contribution in [0.25, 0.3) is 0 Å². The molecule has 74 valence electrons. The van der Waals surface area contributed by atoms with Crippen molar-refractivity contribution < 1.29 is 10.0 Å². The molecule has 0 aliphatic heterocycles. The van der Waals surface area contributed by atoms with Crippen LogP contribution in [0, 0.1) is 13.8 Å². The summed E-state index contributed by atoms with van der Waals surface area (Å²) in [4.78, 5) is 0. The van der Waals surface area contributed by atoms with Crippen molar-refractivity contribution >= 4 is 12.6 Å². The fraction of sp³-hybridized carbons (Fsp3) is 0.455. The molecule has 0 atom stereocenters. The highest BCUT2D eigenvalue weighted by Crippen LogP contribution is 2.40. The number of benzene rings is 1. The van der Waals surface area contributed by atoms with Gasteiger partial charge in [0.1, 0.15) is 0 Å². The third-order valence-electron chi connectivity index (χ3n) is 3.06. The van der Waals surface area contributed by atoms with Gasteiger partial charge in [-0.3, -0.25) is 0 Å². The lowest BCUT2D eigenvalue weighted by molar-refractivity contribution is 0.425. The van der Waals surface area contributed by atoms with Crippen molar-refractivity contribution in [3.63, 3.8) is 0 Å². The normalized spacial score (nSPS) is 15.7. The molecule has 0 saturated heterocycles. The Kier molecular flexibility index (Phi) is 2.37. The topological polar surface area (TPSA) is 40.5 Å². The maximum atomic E-state index is 9.21. The van der Waals surface area contributed by atoms with E-state index in [0.29, 0.717) is 11.4 Å². The minimum absolute atomic E-state index is 0.659. The molecule has 1 fully saturated rings. The Labute approximate surface area is 84.7 Å². The summed E-state index contributed by atoms with van der Waals surface area (Å²) in [6.07, 6.45) is 2.48.